The summed E-state index contributed by atoms with van der Waals surface area (Å²) in [6.45, 7) is 4.29. The fraction of sp³-hybridized carbons (Fsp3) is 0.158. The van der Waals surface area contributed by atoms with E-state index in [1.54, 1.807) is 24.4 Å². The number of carbonyl (C=O) groups is 1. The molecule has 4 heteroatoms. The van der Waals surface area contributed by atoms with Crippen LogP contribution in [0.15, 0.2) is 42.6 Å². The van der Waals surface area contributed by atoms with Crippen LogP contribution in [-0.2, 0) is 0 Å². The summed E-state index contributed by atoms with van der Waals surface area (Å²) in [7, 11) is 0. The van der Waals surface area contributed by atoms with Gasteiger partial charge in [-0.3, -0.25) is 9.78 Å². The minimum absolute atomic E-state index is 0.114. The number of benzene rings is 2. The number of carbonyl (C=O) groups excluding carboxylic acids is 1. The van der Waals surface area contributed by atoms with Crippen LogP contribution in [0.4, 0.5) is 0 Å². The van der Waals surface area contributed by atoms with Crippen molar-refractivity contribution in [1.82, 2.24) is 4.98 Å². The Morgan fingerprint density at radius 3 is 2.65 bits per heavy atom. The first-order valence-electron chi connectivity index (χ1n) is 7.44. The summed E-state index contributed by atoms with van der Waals surface area (Å²) in [5.74, 6) is 1.15. The van der Waals surface area contributed by atoms with Crippen LogP contribution in [0, 0.1) is 13.8 Å². The lowest BCUT2D eigenvalue weighted by Crippen LogP contribution is -2.05. The largest absolute Gasteiger partial charge is 0.454 e. The number of aryl methyl sites for hydroxylation is 2. The van der Waals surface area contributed by atoms with E-state index in [4.69, 9.17) is 9.47 Å². The molecule has 2 heterocycles. The Labute approximate surface area is 133 Å². The van der Waals surface area contributed by atoms with E-state index in [1.807, 2.05) is 19.1 Å². The summed E-state index contributed by atoms with van der Waals surface area (Å²) in [4.78, 5) is 17.2. The Bertz CT molecular complexity index is 947. The topological polar surface area (TPSA) is 48.4 Å². The van der Waals surface area contributed by atoms with Gasteiger partial charge in [0.25, 0.3) is 0 Å². The van der Waals surface area contributed by atoms with Crippen LogP contribution in [0.25, 0.3) is 10.8 Å². The monoisotopic (exact) mass is 305 g/mol. The predicted octanol–water partition coefficient (Wildman–Crippen LogP) is 3.81. The lowest BCUT2D eigenvalue weighted by Gasteiger charge is -2.08. The maximum absolute atomic E-state index is 12.9. The molecule has 0 aliphatic carbocycles. The molecule has 4 rings (SSSR count). The smallest absolute Gasteiger partial charge is 0.231 e. The van der Waals surface area contributed by atoms with Gasteiger partial charge in [-0.25, -0.2) is 0 Å². The zero-order chi connectivity index (χ0) is 16.0. The predicted molar refractivity (Wildman–Crippen MR) is 87.2 cm³/mol. The quantitative estimate of drug-likeness (QED) is 0.675. The third-order valence-corrected chi connectivity index (χ3v) is 4.23. The van der Waals surface area contributed by atoms with Gasteiger partial charge in [-0.15, -0.1) is 0 Å². The van der Waals surface area contributed by atoms with Gasteiger partial charge in [0.2, 0.25) is 12.6 Å². The number of nitrogens with zero attached hydrogens (tertiary/aromatic N) is 1. The number of hydrogen-bond donors (Lipinski definition) is 0. The summed E-state index contributed by atoms with van der Waals surface area (Å²) >= 11 is 0. The molecule has 0 N–H and O–H groups in total. The van der Waals surface area contributed by atoms with E-state index in [0.717, 1.165) is 16.3 Å². The minimum Gasteiger partial charge on any atom is -0.454 e. The molecule has 3 aromatic rings. The van der Waals surface area contributed by atoms with Crippen LogP contribution in [0.3, 0.4) is 0 Å². The second-order valence-electron chi connectivity index (χ2n) is 5.71. The van der Waals surface area contributed by atoms with Gasteiger partial charge in [0, 0.05) is 17.1 Å². The van der Waals surface area contributed by atoms with Gasteiger partial charge in [-0.2, -0.15) is 0 Å². The Morgan fingerprint density at radius 2 is 1.78 bits per heavy atom. The first kappa shape index (κ1) is 13.8. The number of pyridine rings is 1. The molecule has 1 aliphatic heterocycles. The van der Waals surface area contributed by atoms with Crippen molar-refractivity contribution in [3.8, 4) is 11.5 Å². The van der Waals surface area contributed by atoms with Crippen molar-refractivity contribution >= 4 is 16.6 Å². The van der Waals surface area contributed by atoms with E-state index < -0.39 is 0 Å². The highest BCUT2D eigenvalue weighted by Crippen LogP contribution is 2.33. The maximum atomic E-state index is 12.9. The van der Waals surface area contributed by atoms with Gasteiger partial charge in [0.15, 0.2) is 11.5 Å². The molecule has 2 aromatic carbocycles. The molecular formula is C19H15NO3. The molecule has 0 bridgehead atoms. The molecule has 0 saturated carbocycles. The van der Waals surface area contributed by atoms with Crippen molar-refractivity contribution < 1.29 is 14.3 Å². The summed E-state index contributed by atoms with van der Waals surface area (Å²) in [5.41, 5.74) is 3.35. The van der Waals surface area contributed by atoms with Crippen molar-refractivity contribution in [2.45, 2.75) is 13.8 Å². The van der Waals surface area contributed by atoms with Crippen LogP contribution in [0.2, 0.25) is 0 Å². The third kappa shape index (κ3) is 2.23. The standard InChI is InChI=1S/C19H15NO3/c1-11-7-13-5-6-20-18(15(13)8-12(11)2)19(21)14-3-4-16-17(9-14)23-10-22-16/h3-9H,10H2,1-2H3. The van der Waals surface area contributed by atoms with Crippen molar-refractivity contribution in [2.75, 3.05) is 6.79 Å². The number of rotatable bonds is 2. The normalized spacial score (nSPS) is 12.6. The van der Waals surface area contributed by atoms with Gasteiger partial charge in [0.1, 0.15) is 5.69 Å². The second kappa shape index (κ2) is 5.09. The zero-order valence-corrected chi connectivity index (χ0v) is 12.9. The molecule has 0 saturated heterocycles. The van der Waals surface area contributed by atoms with Gasteiger partial charge < -0.3 is 9.47 Å². The summed E-state index contributed by atoms with van der Waals surface area (Å²) in [6, 6.07) is 11.3. The molecule has 0 fully saturated rings. The van der Waals surface area contributed by atoms with Gasteiger partial charge >= 0.3 is 0 Å². The van der Waals surface area contributed by atoms with Gasteiger partial charge in [-0.05, 0) is 60.7 Å². The molecule has 0 amide bonds. The van der Waals surface area contributed by atoms with Crippen LogP contribution < -0.4 is 9.47 Å². The van der Waals surface area contributed by atoms with Gasteiger partial charge in [-0.1, -0.05) is 6.07 Å². The van der Waals surface area contributed by atoms with Gasteiger partial charge in [0.05, 0.1) is 0 Å². The number of hydrogen-bond acceptors (Lipinski definition) is 4. The number of fused-ring (bicyclic) bond motifs is 2. The van der Waals surface area contributed by atoms with Crippen LogP contribution in [0.1, 0.15) is 27.2 Å². The molecule has 0 radical (unpaired) electrons. The summed E-state index contributed by atoms with van der Waals surface area (Å²) in [5, 5.41) is 1.89. The maximum Gasteiger partial charge on any atom is 0.231 e. The average molecular weight is 305 g/mol. The third-order valence-electron chi connectivity index (χ3n) is 4.23. The average Bonchev–Trinajstić information content (AvgIpc) is 3.02. The highest BCUT2D eigenvalue weighted by atomic mass is 16.7. The fourth-order valence-electron chi connectivity index (χ4n) is 2.80. The lowest BCUT2D eigenvalue weighted by molar-refractivity contribution is 0.103. The zero-order valence-electron chi connectivity index (χ0n) is 12.9. The lowest BCUT2D eigenvalue weighted by atomic mass is 9.98. The van der Waals surface area contributed by atoms with E-state index >= 15 is 0 Å². The molecule has 4 nitrogen and oxygen atoms in total. The van der Waals surface area contributed by atoms with E-state index in [9.17, 15) is 4.79 Å². The van der Waals surface area contributed by atoms with Crippen molar-refractivity contribution in [1.29, 1.82) is 0 Å². The molecule has 1 aromatic heterocycles. The highest BCUT2D eigenvalue weighted by Gasteiger charge is 2.19. The number of ether oxygens (including phenoxy) is 2. The number of aromatic nitrogens is 1. The Hall–Kier alpha value is -2.88. The molecule has 1 aliphatic rings. The van der Waals surface area contributed by atoms with Crippen molar-refractivity contribution in [3.63, 3.8) is 0 Å². The first-order chi connectivity index (χ1) is 11.1. The molecule has 114 valence electrons. The molecule has 23 heavy (non-hydrogen) atoms. The Kier molecular flexibility index (Phi) is 3.05. The number of ketones is 1. The second-order valence-corrected chi connectivity index (χ2v) is 5.71. The van der Waals surface area contributed by atoms with Crippen LogP contribution in [-0.4, -0.2) is 17.6 Å². The van der Waals surface area contributed by atoms with E-state index in [2.05, 4.69) is 18.0 Å². The Morgan fingerprint density at radius 1 is 1.00 bits per heavy atom. The summed E-state index contributed by atoms with van der Waals surface area (Å²) in [6.07, 6.45) is 1.68. The molecule has 0 spiro atoms. The molecule has 0 atom stereocenters. The van der Waals surface area contributed by atoms with Crippen LogP contribution in [0.5, 0.6) is 11.5 Å². The van der Waals surface area contributed by atoms with Crippen molar-refractivity contribution in [3.05, 3.63) is 65.0 Å². The summed E-state index contributed by atoms with van der Waals surface area (Å²) < 4.78 is 10.6. The van der Waals surface area contributed by atoms with E-state index in [1.165, 1.54) is 5.56 Å². The first-order valence-corrected chi connectivity index (χ1v) is 7.44. The molecular weight excluding hydrogens is 290 g/mol. The SMILES string of the molecule is Cc1cc2ccnc(C(=O)c3ccc4c(c3)OCO4)c2cc1C. The highest BCUT2D eigenvalue weighted by molar-refractivity contribution is 6.15. The van der Waals surface area contributed by atoms with Crippen molar-refractivity contribution in [2.24, 2.45) is 0 Å². The molecule has 0 unspecified atom stereocenters. The minimum atomic E-state index is -0.114. The van der Waals surface area contributed by atoms with E-state index in [0.29, 0.717) is 22.8 Å². The van der Waals surface area contributed by atoms with Crippen LogP contribution >= 0.6 is 0 Å². The van der Waals surface area contributed by atoms with E-state index in [-0.39, 0.29) is 12.6 Å². The Balaban J connectivity index is 1.85. The fourth-order valence-corrected chi connectivity index (χ4v) is 2.80.